The molecule has 0 spiro atoms. The highest BCUT2D eigenvalue weighted by Gasteiger charge is 2.10. The van der Waals surface area contributed by atoms with E-state index in [9.17, 15) is 0 Å². The van der Waals surface area contributed by atoms with Crippen molar-refractivity contribution >= 4 is 22.9 Å². The molecule has 2 aromatic rings. The number of aromatic nitrogens is 1. The van der Waals surface area contributed by atoms with Gasteiger partial charge in [-0.25, -0.2) is 4.98 Å². The maximum Gasteiger partial charge on any atom is 0.166 e. The van der Waals surface area contributed by atoms with Gasteiger partial charge in [-0.2, -0.15) is 0 Å². The normalized spacial score (nSPS) is 10.4. The maximum absolute atomic E-state index is 5.90. The molecule has 0 saturated carbocycles. The quantitative estimate of drug-likeness (QED) is 0.783. The number of halogens is 1. The highest BCUT2D eigenvalue weighted by molar-refractivity contribution is 7.09. The van der Waals surface area contributed by atoms with E-state index in [0.717, 1.165) is 16.3 Å². The van der Waals surface area contributed by atoms with E-state index in [4.69, 9.17) is 21.1 Å². The number of thiazole rings is 1. The van der Waals surface area contributed by atoms with Crippen molar-refractivity contribution < 1.29 is 9.47 Å². The first-order valence-corrected chi connectivity index (χ1v) is 6.91. The van der Waals surface area contributed by atoms with Gasteiger partial charge in [0.25, 0.3) is 0 Å². The van der Waals surface area contributed by atoms with Crippen molar-refractivity contribution in [2.45, 2.75) is 19.4 Å². The fraction of sp³-hybridized carbons (Fsp3) is 0.308. The molecule has 2 rings (SSSR count). The molecule has 0 unspecified atom stereocenters. The van der Waals surface area contributed by atoms with E-state index >= 15 is 0 Å². The average Bonchev–Trinajstić information content (AvgIpc) is 2.81. The first-order valence-electron chi connectivity index (χ1n) is 5.50. The van der Waals surface area contributed by atoms with Crippen molar-refractivity contribution in [3.63, 3.8) is 0 Å². The topological polar surface area (TPSA) is 31.4 Å². The molecule has 0 atom stereocenters. The third-order valence-electron chi connectivity index (χ3n) is 2.46. The van der Waals surface area contributed by atoms with Crippen LogP contribution in [0.1, 0.15) is 16.3 Å². The third kappa shape index (κ3) is 2.94. The van der Waals surface area contributed by atoms with E-state index < -0.39 is 0 Å². The second-order valence-corrected chi connectivity index (χ2v) is 5.06. The van der Waals surface area contributed by atoms with E-state index in [2.05, 4.69) is 4.98 Å². The number of para-hydroxylation sites is 1. The number of methoxy groups -OCH3 is 1. The molecular weight excluding hydrogens is 270 g/mol. The van der Waals surface area contributed by atoms with Gasteiger partial charge in [-0.1, -0.05) is 12.1 Å². The highest BCUT2D eigenvalue weighted by Crippen LogP contribution is 2.32. The summed E-state index contributed by atoms with van der Waals surface area (Å²) in [4.78, 5) is 4.36. The Morgan fingerprint density at radius 1 is 1.39 bits per heavy atom. The molecule has 1 aromatic heterocycles. The SMILES string of the molecule is COc1cccc(CCl)c1OCc1csc(C)n1. The van der Waals surface area contributed by atoms with Gasteiger partial charge in [0, 0.05) is 10.9 Å². The van der Waals surface area contributed by atoms with E-state index in [1.54, 1.807) is 18.4 Å². The zero-order chi connectivity index (χ0) is 13.0. The largest absolute Gasteiger partial charge is 0.493 e. The molecule has 0 N–H and O–H groups in total. The van der Waals surface area contributed by atoms with Crippen LogP contribution in [0.5, 0.6) is 11.5 Å². The summed E-state index contributed by atoms with van der Waals surface area (Å²) in [6.07, 6.45) is 0. The minimum absolute atomic E-state index is 0.391. The molecule has 3 nitrogen and oxygen atoms in total. The minimum atomic E-state index is 0.391. The Hall–Kier alpha value is -1.26. The van der Waals surface area contributed by atoms with Crippen LogP contribution < -0.4 is 9.47 Å². The van der Waals surface area contributed by atoms with Crippen molar-refractivity contribution in [3.05, 3.63) is 39.8 Å². The van der Waals surface area contributed by atoms with Crippen LogP contribution in [-0.2, 0) is 12.5 Å². The molecule has 0 radical (unpaired) electrons. The monoisotopic (exact) mass is 283 g/mol. The zero-order valence-electron chi connectivity index (χ0n) is 10.3. The molecule has 0 amide bonds. The van der Waals surface area contributed by atoms with Gasteiger partial charge in [0.15, 0.2) is 11.5 Å². The van der Waals surface area contributed by atoms with Crippen LogP contribution in [0.4, 0.5) is 0 Å². The predicted molar refractivity (Wildman–Crippen MR) is 73.7 cm³/mol. The summed E-state index contributed by atoms with van der Waals surface area (Å²) in [6, 6.07) is 5.69. The van der Waals surface area contributed by atoms with Gasteiger partial charge < -0.3 is 9.47 Å². The molecular formula is C13H14ClNO2S. The average molecular weight is 284 g/mol. The Kier molecular flexibility index (Phi) is 4.44. The lowest BCUT2D eigenvalue weighted by molar-refractivity contribution is 0.279. The molecule has 1 heterocycles. The van der Waals surface area contributed by atoms with Gasteiger partial charge in [0.1, 0.15) is 6.61 Å². The lowest BCUT2D eigenvalue weighted by Crippen LogP contribution is -2.00. The zero-order valence-corrected chi connectivity index (χ0v) is 11.8. The molecule has 0 aliphatic heterocycles. The number of aryl methyl sites for hydroxylation is 1. The molecule has 5 heteroatoms. The van der Waals surface area contributed by atoms with Crippen molar-refractivity contribution in [1.82, 2.24) is 4.98 Å². The summed E-state index contributed by atoms with van der Waals surface area (Å²) >= 11 is 7.51. The fourth-order valence-corrected chi connectivity index (χ4v) is 2.42. The number of hydrogen-bond acceptors (Lipinski definition) is 4. The molecule has 1 aromatic carbocycles. The molecule has 0 fully saturated rings. The molecule has 96 valence electrons. The number of benzene rings is 1. The van der Waals surface area contributed by atoms with Gasteiger partial charge >= 0.3 is 0 Å². The van der Waals surface area contributed by atoms with Gasteiger partial charge in [-0.3, -0.25) is 0 Å². The predicted octanol–water partition coefficient (Wildman–Crippen LogP) is 3.78. The van der Waals surface area contributed by atoms with Gasteiger partial charge in [-0.15, -0.1) is 22.9 Å². The van der Waals surface area contributed by atoms with Gasteiger partial charge in [-0.05, 0) is 13.0 Å². The van der Waals surface area contributed by atoms with Crippen molar-refractivity contribution in [2.24, 2.45) is 0 Å². The first-order chi connectivity index (χ1) is 8.74. The molecule has 0 bridgehead atoms. The number of ether oxygens (including phenoxy) is 2. The van der Waals surface area contributed by atoms with Crippen molar-refractivity contribution in [3.8, 4) is 11.5 Å². The van der Waals surface area contributed by atoms with Crippen LogP contribution in [0.25, 0.3) is 0 Å². The van der Waals surface area contributed by atoms with Crippen LogP contribution in [0.2, 0.25) is 0 Å². The lowest BCUT2D eigenvalue weighted by Gasteiger charge is -2.12. The van der Waals surface area contributed by atoms with E-state index in [1.807, 2.05) is 30.5 Å². The maximum atomic E-state index is 5.90. The molecule has 0 saturated heterocycles. The third-order valence-corrected chi connectivity index (χ3v) is 3.57. The van der Waals surface area contributed by atoms with Crippen molar-refractivity contribution in [1.29, 1.82) is 0 Å². The fourth-order valence-electron chi connectivity index (χ4n) is 1.61. The summed E-state index contributed by atoms with van der Waals surface area (Å²) in [5.41, 5.74) is 1.84. The highest BCUT2D eigenvalue weighted by atomic mass is 35.5. The Labute approximate surface area is 115 Å². The number of nitrogens with zero attached hydrogens (tertiary/aromatic N) is 1. The second-order valence-electron chi connectivity index (χ2n) is 3.73. The Balaban J connectivity index is 2.17. The summed E-state index contributed by atoms with van der Waals surface area (Å²) in [5.74, 6) is 1.78. The second kappa shape index (κ2) is 6.07. The Morgan fingerprint density at radius 2 is 2.22 bits per heavy atom. The smallest absolute Gasteiger partial charge is 0.166 e. The standard InChI is InChI=1S/C13H14ClNO2S/c1-9-15-11(8-18-9)7-17-13-10(6-14)4-3-5-12(13)16-2/h3-5,8H,6-7H2,1-2H3. The van der Waals surface area contributed by atoms with E-state index in [-0.39, 0.29) is 0 Å². The van der Waals surface area contributed by atoms with Crippen LogP contribution in [0.15, 0.2) is 23.6 Å². The van der Waals surface area contributed by atoms with E-state index in [1.165, 1.54) is 0 Å². The van der Waals surface area contributed by atoms with Crippen molar-refractivity contribution in [2.75, 3.05) is 7.11 Å². The summed E-state index contributed by atoms with van der Waals surface area (Å²) < 4.78 is 11.1. The number of rotatable bonds is 5. The summed E-state index contributed by atoms with van der Waals surface area (Å²) in [7, 11) is 1.62. The lowest BCUT2D eigenvalue weighted by atomic mass is 10.2. The summed E-state index contributed by atoms with van der Waals surface area (Å²) in [6.45, 7) is 2.40. The van der Waals surface area contributed by atoms with Crippen LogP contribution >= 0.6 is 22.9 Å². The van der Waals surface area contributed by atoms with Crippen LogP contribution in [-0.4, -0.2) is 12.1 Å². The molecule has 0 aliphatic rings. The minimum Gasteiger partial charge on any atom is -0.493 e. The van der Waals surface area contributed by atoms with Gasteiger partial charge in [0.2, 0.25) is 0 Å². The molecule has 18 heavy (non-hydrogen) atoms. The van der Waals surface area contributed by atoms with Crippen LogP contribution in [0, 0.1) is 6.92 Å². The Bertz CT molecular complexity index is 505. The van der Waals surface area contributed by atoms with Crippen LogP contribution in [0.3, 0.4) is 0 Å². The Morgan fingerprint density at radius 3 is 2.83 bits per heavy atom. The van der Waals surface area contributed by atoms with E-state index in [0.29, 0.717) is 24.0 Å². The first kappa shape index (κ1) is 13.2. The summed E-state index contributed by atoms with van der Waals surface area (Å²) in [5, 5.41) is 3.02. The number of hydrogen-bond donors (Lipinski definition) is 0. The number of alkyl halides is 1. The molecule has 0 aliphatic carbocycles. The van der Waals surface area contributed by atoms with Gasteiger partial charge in [0.05, 0.1) is 23.7 Å².